The molecular weight excluding hydrogens is 475 g/mol. The molecule has 3 aromatic carbocycles. The van der Waals surface area contributed by atoms with E-state index < -0.39 is 0 Å². The Morgan fingerprint density at radius 3 is 2.29 bits per heavy atom. The minimum Gasteiger partial charge on any atom is -0.340 e. The van der Waals surface area contributed by atoms with E-state index in [1.165, 1.54) is 22.4 Å². The minimum atomic E-state index is -0.250. The number of benzene rings is 3. The summed E-state index contributed by atoms with van der Waals surface area (Å²) < 4.78 is 14.8. The molecule has 3 aromatic heterocycles. The molecule has 7 heteroatoms. The van der Waals surface area contributed by atoms with E-state index in [-0.39, 0.29) is 5.82 Å². The molecule has 6 aromatic rings. The van der Waals surface area contributed by atoms with Gasteiger partial charge in [0.25, 0.3) is 0 Å². The van der Waals surface area contributed by atoms with Crippen LogP contribution >= 0.6 is 22.7 Å². The van der Waals surface area contributed by atoms with Crippen LogP contribution in [0.15, 0.2) is 66.7 Å². The second-order valence-corrected chi connectivity index (χ2v) is 10.8. The van der Waals surface area contributed by atoms with Gasteiger partial charge >= 0.3 is 0 Å². The van der Waals surface area contributed by atoms with Crippen molar-refractivity contribution >= 4 is 54.6 Å². The summed E-state index contributed by atoms with van der Waals surface area (Å²) in [5, 5.41) is 5.46. The van der Waals surface area contributed by atoms with Gasteiger partial charge in [0.1, 0.15) is 27.3 Å². The third-order valence-corrected chi connectivity index (χ3v) is 7.98. The molecule has 0 radical (unpaired) electrons. The largest absolute Gasteiger partial charge is 0.340 e. The van der Waals surface area contributed by atoms with E-state index in [9.17, 15) is 4.39 Å². The summed E-state index contributed by atoms with van der Waals surface area (Å²) >= 11 is 3.33. The van der Waals surface area contributed by atoms with Crippen molar-refractivity contribution in [3.8, 4) is 21.7 Å². The van der Waals surface area contributed by atoms with Gasteiger partial charge in [-0.25, -0.2) is 19.3 Å². The molecule has 0 fully saturated rings. The lowest BCUT2D eigenvalue weighted by Crippen LogP contribution is -1.98. The van der Waals surface area contributed by atoms with Gasteiger partial charge in [0.05, 0.1) is 15.6 Å². The number of rotatable bonds is 4. The molecular formula is C28H21FN4S2. The van der Waals surface area contributed by atoms with Gasteiger partial charge in [-0.2, -0.15) is 0 Å². The molecule has 0 amide bonds. The first kappa shape index (κ1) is 21.8. The van der Waals surface area contributed by atoms with Crippen molar-refractivity contribution < 1.29 is 4.39 Å². The SMILES string of the molecule is Cc1ccc2nc(-c3ccc(Nc4nc(C)nc5sc(C)c(-c6ccc(F)cc6)c45)cc3)sc2c1. The number of anilines is 2. The van der Waals surface area contributed by atoms with Crippen molar-refractivity contribution in [2.24, 2.45) is 0 Å². The van der Waals surface area contributed by atoms with E-state index in [0.29, 0.717) is 5.82 Å². The molecule has 0 atom stereocenters. The van der Waals surface area contributed by atoms with Crippen LogP contribution < -0.4 is 5.32 Å². The maximum atomic E-state index is 13.6. The summed E-state index contributed by atoms with van der Waals surface area (Å²) in [5.41, 5.74) is 6.26. The first-order valence-electron chi connectivity index (χ1n) is 11.2. The highest BCUT2D eigenvalue weighted by Crippen LogP contribution is 2.41. The Hall–Kier alpha value is -3.68. The third-order valence-electron chi connectivity index (χ3n) is 5.91. The summed E-state index contributed by atoms with van der Waals surface area (Å²) in [7, 11) is 0. The molecule has 0 aliphatic carbocycles. The molecule has 4 nitrogen and oxygen atoms in total. The van der Waals surface area contributed by atoms with Gasteiger partial charge in [0.2, 0.25) is 0 Å². The predicted octanol–water partition coefficient (Wildman–Crippen LogP) is 8.44. The van der Waals surface area contributed by atoms with Crippen molar-refractivity contribution in [1.29, 1.82) is 0 Å². The van der Waals surface area contributed by atoms with Crippen molar-refractivity contribution in [3.05, 3.63) is 88.8 Å². The minimum absolute atomic E-state index is 0.250. The van der Waals surface area contributed by atoms with Crippen LogP contribution in [-0.4, -0.2) is 15.0 Å². The van der Waals surface area contributed by atoms with Crippen LogP contribution in [0, 0.1) is 26.6 Å². The molecule has 0 spiro atoms. The second-order valence-electron chi connectivity index (χ2n) is 8.53. The normalized spacial score (nSPS) is 11.4. The zero-order chi connectivity index (χ0) is 24.1. The highest BCUT2D eigenvalue weighted by molar-refractivity contribution is 7.21. The molecule has 0 aliphatic heterocycles. The van der Waals surface area contributed by atoms with Gasteiger partial charge < -0.3 is 5.32 Å². The zero-order valence-corrected chi connectivity index (χ0v) is 21.0. The van der Waals surface area contributed by atoms with E-state index in [0.717, 1.165) is 53.8 Å². The summed E-state index contributed by atoms with van der Waals surface area (Å²) in [5.74, 6) is 1.20. The number of thiazole rings is 1. The quantitative estimate of drug-likeness (QED) is 0.266. The fourth-order valence-corrected chi connectivity index (χ4v) is 6.42. The van der Waals surface area contributed by atoms with Gasteiger partial charge in [0.15, 0.2) is 0 Å². The van der Waals surface area contributed by atoms with Crippen molar-refractivity contribution in [2.75, 3.05) is 5.32 Å². The zero-order valence-electron chi connectivity index (χ0n) is 19.4. The lowest BCUT2D eigenvalue weighted by molar-refractivity contribution is 0.628. The van der Waals surface area contributed by atoms with E-state index in [2.05, 4.69) is 54.5 Å². The molecule has 3 heterocycles. The number of halogens is 1. The fraction of sp³-hybridized carbons (Fsp3) is 0.107. The second kappa shape index (κ2) is 8.52. The summed E-state index contributed by atoms with van der Waals surface area (Å²) in [6, 6.07) is 21.2. The van der Waals surface area contributed by atoms with Gasteiger partial charge in [-0.15, -0.1) is 22.7 Å². The Bertz CT molecular complexity index is 1700. The highest BCUT2D eigenvalue weighted by Gasteiger charge is 2.18. The van der Waals surface area contributed by atoms with Crippen LogP contribution in [0.2, 0.25) is 0 Å². The van der Waals surface area contributed by atoms with Crippen molar-refractivity contribution in [1.82, 2.24) is 15.0 Å². The highest BCUT2D eigenvalue weighted by atomic mass is 32.1. The Morgan fingerprint density at radius 2 is 1.51 bits per heavy atom. The molecule has 0 saturated heterocycles. The Labute approximate surface area is 210 Å². The number of nitrogens with one attached hydrogen (secondary N) is 1. The predicted molar refractivity (Wildman–Crippen MR) is 145 cm³/mol. The summed E-state index contributed by atoms with van der Waals surface area (Å²) in [6.07, 6.45) is 0. The van der Waals surface area contributed by atoms with Crippen LogP contribution in [-0.2, 0) is 0 Å². The molecule has 172 valence electrons. The van der Waals surface area contributed by atoms with E-state index >= 15 is 0 Å². The molecule has 0 bridgehead atoms. The van der Waals surface area contributed by atoms with Crippen LogP contribution in [0.25, 0.3) is 42.1 Å². The molecule has 35 heavy (non-hydrogen) atoms. The Balaban J connectivity index is 1.38. The number of hydrogen-bond acceptors (Lipinski definition) is 6. The summed E-state index contributed by atoms with van der Waals surface area (Å²) in [4.78, 5) is 16.2. The van der Waals surface area contributed by atoms with Gasteiger partial charge in [0, 0.05) is 21.7 Å². The Morgan fingerprint density at radius 1 is 0.771 bits per heavy atom. The lowest BCUT2D eigenvalue weighted by Gasteiger charge is -2.11. The van der Waals surface area contributed by atoms with E-state index in [1.54, 1.807) is 22.7 Å². The molecule has 0 aliphatic rings. The van der Waals surface area contributed by atoms with Gasteiger partial charge in [-0.3, -0.25) is 0 Å². The van der Waals surface area contributed by atoms with Gasteiger partial charge in [-0.1, -0.05) is 18.2 Å². The van der Waals surface area contributed by atoms with Crippen molar-refractivity contribution in [2.45, 2.75) is 20.8 Å². The van der Waals surface area contributed by atoms with E-state index in [1.807, 2.05) is 31.2 Å². The fourth-order valence-electron chi connectivity index (χ4n) is 4.26. The van der Waals surface area contributed by atoms with Crippen LogP contribution in [0.3, 0.4) is 0 Å². The van der Waals surface area contributed by atoms with Crippen LogP contribution in [0.1, 0.15) is 16.3 Å². The number of hydrogen-bond donors (Lipinski definition) is 1. The summed E-state index contributed by atoms with van der Waals surface area (Å²) in [6.45, 7) is 6.06. The monoisotopic (exact) mass is 496 g/mol. The van der Waals surface area contributed by atoms with Crippen LogP contribution in [0.4, 0.5) is 15.9 Å². The number of nitrogens with zero attached hydrogens (tertiary/aromatic N) is 3. The standard InChI is InChI=1S/C28H21FN4S2/c1-15-4-13-22-23(14-15)35-27(33-22)19-7-11-21(12-8-19)32-26-25-24(18-5-9-20(29)10-6-18)16(2)34-28(25)31-17(3)30-26/h4-14H,1-3H3,(H,30,31,32). The molecule has 0 saturated carbocycles. The average Bonchev–Trinajstić information content (AvgIpc) is 3.40. The van der Waals surface area contributed by atoms with E-state index in [4.69, 9.17) is 9.97 Å². The first-order chi connectivity index (χ1) is 16.9. The maximum absolute atomic E-state index is 13.6. The topological polar surface area (TPSA) is 50.7 Å². The first-order valence-corrected chi connectivity index (χ1v) is 12.9. The third kappa shape index (κ3) is 4.07. The molecule has 0 unspecified atom stereocenters. The lowest BCUT2D eigenvalue weighted by atomic mass is 10.0. The number of thiophene rings is 1. The Kier molecular flexibility index (Phi) is 5.31. The average molecular weight is 497 g/mol. The number of aryl methyl sites for hydroxylation is 3. The van der Waals surface area contributed by atoms with Crippen LogP contribution in [0.5, 0.6) is 0 Å². The molecule has 6 rings (SSSR count). The maximum Gasteiger partial charge on any atom is 0.143 e. The van der Waals surface area contributed by atoms with Gasteiger partial charge in [-0.05, 0) is 80.4 Å². The molecule has 1 N–H and O–H groups in total. The number of fused-ring (bicyclic) bond motifs is 2. The van der Waals surface area contributed by atoms with Crippen molar-refractivity contribution in [3.63, 3.8) is 0 Å². The number of aromatic nitrogens is 3. The smallest absolute Gasteiger partial charge is 0.143 e.